The van der Waals surface area contributed by atoms with E-state index in [4.69, 9.17) is 0 Å². The number of nitrogens with one attached hydrogen (secondary N) is 1. The molecule has 1 N–H and O–H groups in total. The third-order valence-corrected chi connectivity index (χ3v) is 5.50. The van der Waals surface area contributed by atoms with Crippen LogP contribution in [0.1, 0.15) is 55.3 Å². The van der Waals surface area contributed by atoms with Gasteiger partial charge in [-0.3, -0.25) is 14.0 Å². The number of rotatable bonds is 8. The van der Waals surface area contributed by atoms with Crippen molar-refractivity contribution in [3.63, 3.8) is 0 Å². The topological polar surface area (TPSA) is 81.3 Å². The summed E-state index contributed by atoms with van der Waals surface area (Å²) in [5.74, 6) is 0.816. The van der Waals surface area contributed by atoms with Gasteiger partial charge in [-0.2, -0.15) is 0 Å². The summed E-state index contributed by atoms with van der Waals surface area (Å²) in [6.07, 6.45) is 7.35. The second-order valence-corrected chi connectivity index (χ2v) is 8.01. The Kier molecular flexibility index (Phi) is 6.11. The van der Waals surface area contributed by atoms with Gasteiger partial charge in [-0.15, -0.1) is 10.2 Å². The van der Waals surface area contributed by atoms with Crippen molar-refractivity contribution in [2.75, 3.05) is 6.54 Å². The molecule has 0 saturated carbocycles. The Labute approximate surface area is 180 Å². The first-order chi connectivity index (χ1) is 15.1. The van der Waals surface area contributed by atoms with Crippen LogP contribution >= 0.6 is 0 Å². The molecule has 4 aromatic rings. The van der Waals surface area contributed by atoms with Crippen LogP contribution in [0.4, 0.5) is 0 Å². The maximum Gasteiger partial charge on any atom is 0.258 e. The first kappa shape index (κ1) is 20.8. The van der Waals surface area contributed by atoms with Crippen LogP contribution in [-0.2, 0) is 6.42 Å². The van der Waals surface area contributed by atoms with E-state index in [9.17, 15) is 9.59 Å². The van der Waals surface area contributed by atoms with E-state index >= 15 is 0 Å². The molecule has 160 valence electrons. The lowest BCUT2D eigenvalue weighted by atomic mass is 10.1. The maximum absolute atomic E-state index is 12.9. The van der Waals surface area contributed by atoms with Crippen molar-refractivity contribution in [2.45, 2.75) is 45.6 Å². The second-order valence-electron chi connectivity index (χ2n) is 8.01. The summed E-state index contributed by atoms with van der Waals surface area (Å²) in [5.41, 5.74) is 1.33. The number of hydrogen-bond acceptors (Lipinski definition) is 4. The van der Waals surface area contributed by atoms with E-state index in [1.54, 1.807) is 16.8 Å². The largest absolute Gasteiger partial charge is 0.352 e. The molecule has 4 rings (SSSR count). The quantitative estimate of drug-likeness (QED) is 0.443. The van der Waals surface area contributed by atoms with Gasteiger partial charge in [0.25, 0.3) is 11.5 Å². The predicted octanol–water partition coefficient (Wildman–Crippen LogP) is 3.77. The van der Waals surface area contributed by atoms with Crippen molar-refractivity contribution in [2.24, 2.45) is 0 Å². The summed E-state index contributed by atoms with van der Waals surface area (Å²) in [5, 5.41) is 12.7. The molecular formula is C24H27N5O2. The van der Waals surface area contributed by atoms with E-state index in [-0.39, 0.29) is 17.5 Å². The molecule has 31 heavy (non-hydrogen) atoms. The first-order valence-electron chi connectivity index (χ1n) is 10.8. The highest BCUT2D eigenvalue weighted by Crippen LogP contribution is 2.17. The number of carbonyl (C=O) groups is 1. The number of pyridine rings is 2. The van der Waals surface area contributed by atoms with Crippen molar-refractivity contribution in [3.8, 4) is 0 Å². The maximum atomic E-state index is 12.9. The van der Waals surface area contributed by atoms with E-state index in [1.807, 2.05) is 60.8 Å². The average molecular weight is 418 g/mol. The molecule has 7 nitrogen and oxygen atoms in total. The van der Waals surface area contributed by atoms with E-state index in [2.05, 4.69) is 15.5 Å². The number of aromatic nitrogens is 4. The Hall–Kier alpha value is -3.48. The van der Waals surface area contributed by atoms with Crippen LogP contribution < -0.4 is 10.9 Å². The minimum atomic E-state index is -0.144. The number of carbonyl (C=O) groups excluding carboxylic acids is 1. The van der Waals surface area contributed by atoms with Crippen molar-refractivity contribution in [3.05, 3.63) is 76.6 Å². The monoisotopic (exact) mass is 417 g/mol. The molecule has 0 unspecified atom stereocenters. The SMILES string of the molecule is CC(C)n1cc(C(=O)NCCCCCc2nnc3ccccn23)c2ccccc2c1=O. The molecule has 1 aromatic carbocycles. The van der Waals surface area contributed by atoms with Crippen LogP contribution in [-0.4, -0.2) is 31.6 Å². The molecule has 3 aromatic heterocycles. The van der Waals surface area contributed by atoms with Crippen LogP contribution in [0.15, 0.2) is 59.7 Å². The molecular weight excluding hydrogens is 390 g/mol. The summed E-state index contributed by atoms with van der Waals surface area (Å²) in [6.45, 7) is 4.47. The fourth-order valence-corrected chi connectivity index (χ4v) is 3.82. The fraction of sp³-hybridized carbons (Fsp3) is 0.333. The third-order valence-electron chi connectivity index (χ3n) is 5.50. The Morgan fingerprint density at radius 1 is 1.00 bits per heavy atom. The zero-order valence-electron chi connectivity index (χ0n) is 17.9. The smallest absolute Gasteiger partial charge is 0.258 e. The lowest BCUT2D eigenvalue weighted by molar-refractivity contribution is 0.0953. The van der Waals surface area contributed by atoms with Gasteiger partial charge in [-0.1, -0.05) is 30.7 Å². The van der Waals surface area contributed by atoms with Crippen LogP contribution in [0.25, 0.3) is 16.4 Å². The number of hydrogen-bond donors (Lipinski definition) is 1. The second kappa shape index (κ2) is 9.12. The minimum absolute atomic E-state index is 0.0168. The standard InChI is InChI=1S/C24H27N5O2/c1-17(2)29-16-20(18-10-5-6-11-19(18)24(29)31)23(30)25-14-8-3-4-12-21-26-27-22-13-7-9-15-28(21)22/h5-7,9-11,13,15-17H,3-4,8,12,14H2,1-2H3,(H,25,30). The van der Waals surface area contributed by atoms with Crippen LogP contribution in [0.5, 0.6) is 0 Å². The lowest BCUT2D eigenvalue weighted by Crippen LogP contribution is -2.29. The van der Waals surface area contributed by atoms with Crippen LogP contribution in [0, 0.1) is 0 Å². The van der Waals surface area contributed by atoms with Gasteiger partial charge < -0.3 is 9.88 Å². The van der Waals surface area contributed by atoms with Crippen molar-refractivity contribution in [1.82, 2.24) is 24.5 Å². The zero-order chi connectivity index (χ0) is 21.8. The van der Waals surface area contributed by atoms with Gasteiger partial charge >= 0.3 is 0 Å². The van der Waals surface area contributed by atoms with Crippen LogP contribution in [0.3, 0.4) is 0 Å². The normalized spacial score (nSPS) is 11.5. The van der Waals surface area contributed by atoms with Gasteiger partial charge in [0.15, 0.2) is 5.65 Å². The van der Waals surface area contributed by atoms with Gasteiger partial charge in [0.2, 0.25) is 0 Å². The van der Waals surface area contributed by atoms with Crippen molar-refractivity contribution in [1.29, 1.82) is 0 Å². The highest BCUT2D eigenvalue weighted by atomic mass is 16.2. The van der Waals surface area contributed by atoms with Gasteiger partial charge in [-0.05, 0) is 44.9 Å². The summed E-state index contributed by atoms with van der Waals surface area (Å²) in [7, 11) is 0. The Morgan fingerprint density at radius 2 is 1.77 bits per heavy atom. The number of unbranched alkanes of at least 4 members (excludes halogenated alkanes) is 2. The zero-order valence-corrected chi connectivity index (χ0v) is 17.9. The number of amides is 1. The third kappa shape index (κ3) is 4.35. The molecule has 0 atom stereocenters. The van der Waals surface area contributed by atoms with E-state index in [1.165, 1.54) is 0 Å². The number of nitrogens with zero attached hydrogens (tertiary/aromatic N) is 4. The molecule has 1 amide bonds. The summed E-state index contributed by atoms with van der Waals surface area (Å²) in [6, 6.07) is 13.1. The number of benzene rings is 1. The highest BCUT2D eigenvalue weighted by molar-refractivity contribution is 6.06. The Bertz CT molecular complexity index is 1270. The molecule has 7 heteroatoms. The van der Waals surface area contributed by atoms with Gasteiger partial charge in [0, 0.05) is 42.2 Å². The van der Waals surface area contributed by atoms with Crippen molar-refractivity contribution < 1.29 is 4.79 Å². The molecule has 0 saturated heterocycles. The lowest BCUT2D eigenvalue weighted by Gasteiger charge is -2.15. The molecule has 3 heterocycles. The molecule has 0 aliphatic carbocycles. The number of fused-ring (bicyclic) bond motifs is 2. The minimum Gasteiger partial charge on any atom is -0.352 e. The van der Waals surface area contributed by atoms with Crippen LogP contribution in [0.2, 0.25) is 0 Å². The average Bonchev–Trinajstić information content (AvgIpc) is 3.19. The Morgan fingerprint density at radius 3 is 2.58 bits per heavy atom. The fourth-order valence-electron chi connectivity index (χ4n) is 3.82. The Balaban J connectivity index is 1.34. The van der Waals surface area contributed by atoms with E-state index in [0.717, 1.165) is 37.2 Å². The summed E-state index contributed by atoms with van der Waals surface area (Å²) >= 11 is 0. The van der Waals surface area contributed by atoms with Gasteiger partial charge in [0.05, 0.1) is 5.56 Å². The summed E-state index contributed by atoms with van der Waals surface area (Å²) in [4.78, 5) is 25.5. The predicted molar refractivity (Wildman–Crippen MR) is 121 cm³/mol. The molecule has 0 bridgehead atoms. The van der Waals surface area contributed by atoms with Gasteiger partial charge in [-0.25, -0.2) is 0 Å². The molecule has 0 fully saturated rings. The molecule has 0 spiro atoms. The van der Waals surface area contributed by atoms with Gasteiger partial charge in [0.1, 0.15) is 5.82 Å². The molecule has 0 aliphatic heterocycles. The molecule has 0 aliphatic rings. The van der Waals surface area contributed by atoms with E-state index < -0.39 is 0 Å². The van der Waals surface area contributed by atoms with Crippen molar-refractivity contribution >= 4 is 22.3 Å². The first-order valence-corrected chi connectivity index (χ1v) is 10.8. The highest BCUT2D eigenvalue weighted by Gasteiger charge is 2.15. The number of aryl methyl sites for hydroxylation is 1. The molecule has 0 radical (unpaired) electrons. The van der Waals surface area contributed by atoms with E-state index in [0.29, 0.717) is 22.9 Å². The summed E-state index contributed by atoms with van der Waals surface area (Å²) < 4.78 is 3.64.